The van der Waals surface area contributed by atoms with Gasteiger partial charge in [0.1, 0.15) is 5.75 Å². The molecule has 1 N–H and O–H groups in total. The van der Waals surface area contributed by atoms with E-state index in [2.05, 4.69) is 14.9 Å². The predicted molar refractivity (Wildman–Crippen MR) is 91.8 cm³/mol. The highest BCUT2D eigenvalue weighted by Crippen LogP contribution is 2.21. The van der Waals surface area contributed by atoms with Crippen molar-refractivity contribution >= 4 is 21.6 Å². The third-order valence-electron chi connectivity index (χ3n) is 3.32. The summed E-state index contributed by atoms with van der Waals surface area (Å²) in [7, 11) is -2.15. The van der Waals surface area contributed by atoms with Crippen molar-refractivity contribution in [2.75, 3.05) is 7.11 Å². The minimum atomic E-state index is -3.72. The maximum atomic E-state index is 12.2. The summed E-state index contributed by atoms with van der Waals surface area (Å²) in [6, 6.07) is 13.0. The molecule has 1 heterocycles. The van der Waals surface area contributed by atoms with Gasteiger partial charge in [-0.3, -0.25) is 0 Å². The van der Waals surface area contributed by atoms with Crippen LogP contribution in [-0.4, -0.2) is 25.7 Å². The average molecular weight is 380 g/mol. The maximum absolute atomic E-state index is 12.2. The van der Waals surface area contributed by atoms with Gasteiger partial charge in [-0.15, -0.1) is 10.2 Å². The van der Waals surface area contributed by atoms with Crippen LogP contribution in [0.5, 0.6) is 5.75 Å². The molecule has 0 saturated heterocycles. The summed E-state index contributed by atoms with van der Waals surface area (Å²) in [6.45, 7) is -0.127. The SMILES string of the molecule is COc1ccc(-c2nnc(CNS(=O)(=O)c3cccc(Cl)c3)o2)cc1. The summed E-state index contributed by atoms with van der Waals surface area (Å²) >= 11 is 5.82. The number of ether oxygens (including phenoxy) is 1. The van der Waals surface area contributed by atoms with Gasteiger partial charge in [-0.25, -0.2) is 13.1 Å². The van der Waals surface area contributed by atoms with Crippen LogP contribution in [0.25, 0.3) is 11.5 Å². The maximum Gasteiger partial charge on any atom is 0.247 e. The Bertz CT molecular complexity index is 971. The van der Waals surface area contributed by atoms with E-state index in [0.29, 0.717) is 22.2 Å². The van der Waals surface area contributed by atoms with Crippen molar-refractivity contribution in [3.63, 3.8) is 0 Å². The fraction of sp³-hybridized carbons (Fsp3) is 0.125. The Morgan fingerprint density at radius 3 is 2.60 bits per heavy atom. The lowest BCUT2D eigenvalue weighted by atomic mass is 10.2. The molecule has 0 bridgehead atoms. The van der Waals surface area contributed by atoms with Gasteiger partial charge in [0.05, 0.1) is 18.6 Å². The topological polar surface area (TPSA) is 94.3 Å². The Balaban J connectivity index is 1.71. The van der Waals surface area contributed by atoms with Crippen LogP contribution in [0, 0.1) is 0 Å². The van der Waals surface area contributed by atoms with Crippen LogP contribution >= 0.6 is 11.6 Å². The van der Waals surface area contributed by atoms with Crippen LogP contribution in [0.2, 0.25) is 5.02 Å². The summed E-state index contributed by atoms with van der Waals surface area (Å²) in [4.78, 5) is 0.0647. The minimum absolute atomic E-state index is 0.0647. The second kappa shape index (κ2) is 7.22. The first-order valence-corrected chi connectivity index (χ1v) is 9.06. The minimum Gasteiger partial charge on any atom is -0.497 e. The Hall–Kier alpha value is -2.42. The standard InChI is InChI=1S/C16H14ClN3O4S/c1-23-13-7-5-11(6-8-13)16-20-19-15(24-16)10-18-25(21,22)14-4-2-3-12(17)9-14/h2-9,18H,10H2,1H3. The van der Waals surface area contributed by atoms with Crippen LogP contribution in [0.1, 0.15) is 5.89 Å². The number of aromatic nitrogens is 2. The summed E-state index contributed by atoms with van der Waals surface area (Å²) in [5, 5.41) is 8.10. The van der Waals surface area contributed by atoms with Crippen molar-refractivity contribution < 1.29 is 17.6 Å². The van der Waals surface area contributed by atoms with E-state index in [9.17, 15) is 8.42 Å². The number of sulfonamides is 1. The molecule has 0 unspecified atom stereocenters. The van der Waals surface area contributed by atoms with Gasteiger partial charge in [0.2, 0.25) is 21.8 Å². The molecule has 0 aliphatic rings. The monoisotopic (exact) mass is 379 g/mol. The fourth-order valence-electron chi connectivity index (χ4n) is 2.05. The number of nitrogens with zero attached hydrogens (tertiary/aromatic N) is 2. The number of nitrogens with one attached hydrogen (secondary N) is 1. The molecule has 0 aliphatic carbocycles. The van der Waals surface area contributed by atoms with Gasteiger partial charge >= 0.3 is 0 Å². The number of hydrogen-bond donors (Lipinski definition) is 1. The molecule has 1 aromatic heterocycles. The zero-order chi connectivity index (χ0) is 17.9. The van der Waals surface area contributed by atoms with E-state index >= 15 is 0 Å². The summed E-state index contributed by atoms with van der Waals surface area (Å²) < 4.78 is 37.4. The lowest BCUT2D eigenvalue weighted by Crippen LogP contribution is -2.23. The van der Waals surface area contributed by atoms with Crippen molar-refractivity contribution in [3.05, 3.63) is 59.4 Å². The molecular formula is C16H14ClN3O4S. The van der Waals surface area contributed by atoms with Gasteiger partial charge in [0, 0.05) is 10.6 Å². The largest absolute Gasteiger partial charge is 0.497 e. The van der Waals surface area contributed by atoms with Gasteiger partial charge in [0.25, 0.3) is 0 Å². The molecule has 0 saturated carbocycles. The number of methoxy groups -OCH3 is 1. The first kappa shape index (κ1) is 17.4. The van der Waals surface area contributed by atoms with Crippen LogP contribution in [-0.2, 0) is 16.6 Å². The van der Waals surface area contributed by atoms with E-state index in [0.717, 1.165) is 0 Å². The molecule has 25 heavy (non-hydrogen) atoms. The summed E-state index contributed by atoms with van der Waals surface area (Å²) in [5.41, 5.74) is 0.706. The fourth-order valence-corrected chi connectivity index (χ4v) is 3.32. The van der Waals surface area contributed by atoms with Crippen molar-refractivity contribution in [1.82, 2.24) is 14.9 Å². The second-order valence-electron chi connectivity index (χ2n) is 5.01. The molecule has 0 amide bonds. The van der Waals surface area contributed by atoms with Gasteiger partial charge < -0.3 is 9.15 Å². The Kier molecular flexibility index (Phi) is 5.03. The van der Waals surface area contributed by atoms with Crippen LogP contribution in [0.4, 0.5) is 0 Å². The number of hydrogen-bond acceptors (Lipinski definition) is 6. The third-order valence-corrected chi connectivity index (χ3v) is 4.96. The van der Waals surface area contributed by atoms with Gasteiger partial charge in [-0.2, -0.15) is 0 Å². The zero-order valence-electron chi connectivity index (χ0n) is 13.1. The second-order valence-corrected chi connectivity index (χ2v) is 7.21. The Labute approximate surface area is 149 Å². The van der Waals surface area contributed by atoms with E-state index in [-0.39, 0.29) is 17.3 Å². The normalized spacial score (nSPS) is 11.4. The van der Waals surface area contributed by atoms with Gasteiger partial charge in [-0.05, 0) is 42.5 Å². The van der Waals surface area contributed by atoms with Crippen LogP contribution in [0.15, 0.2) is 57.8 Å². The van der Waals surface area contributed by atoms with Crippen LogP contribution < -0.4 is 9.46 Å². The highest BCUT2D eigenvalue weighted by Gasteiger charge is 2.16. The molecule has 130 valence electrons. The smallest absolute Gasteiger partial charge is 0.247 e. The van der Waals surface area contributed by atoms with Gasteiger partial charge in [0.15, 0.2) is 0 Å². The lowest BCUT2D eigenvalue weighted by molar-refractivity contribution is 0.415. The van der Waals surface area contributed by atoms with Crippen molar-refractivity contribution in [2.24, 2.45) is 0 Å². The first-order chi connectivity index (χ1) is 12.0. The van der Waals surface area contributed by atoms with E-state index in [1.54, 1.807) is 43.5 Å². The van der Waals surface area contributed by atoms with Crippen molar-refractivity contribution in [2.45, 2.75) is 11.4 Å². The molecule has 3 aromatic rings. The molecule has 3 rings (SSSR count). The predicted octanol–water partition coefficient (Wildman–Crippen LogP) is 2.88. The Morgan fingerprint density at radius 1 is 1.16 bits per heavy atom. The molecular weight excluding hydrogens is 366 g/mol. The molecule has 9 heteroatoms. The number of rotatable bonds is 6. The summed E-state index contributed by atoms with van der Waals surface area (Å²) in [6.07, 6.45) is 0. The van der Waals surface area contributed by atoms with Crippen LogP contribution in [0.3, 0.4) is 0 Å². The number of benzene rings is 2. The van der Waals surface area contributed by atoms with Crippen molar-refractivity contribution in [1.29, 1.82) is 0 Å². The molecule has 0 radical (unpaired) electrons. The summed E-state index contributed by atoms with van der Waals surface area (Å²) in [5.74, 6) is 1.15. The first-order valence-electron chi connectivity index (χ1n) is 7.20. The van der Waals surface area contributed by atoms with E-state index in [1.807, 2.05) is 0 Å². The van der Waals surface area contributed by atoms with Crippen molar-refractivity contribution in [3.8, 4) is 17.2 Å². The van der Waals surface area contributed by atoms with E-state index in [4.69, 9.17) is 20.8 Å². The highest BCUT2D eigenvalue weighted by atomic mass is 35.5. The molecule has 0 spiro atoms. The highest BCUT2D eigenvalue weighted by molar-refractivity contribution is 7.89. The zero-order valence-corrected chi connectivity index (χ0v) is 14.7. The Morgan fingerprint density at radius 2 is 1.92 bits per heavy atom. The van der Waals surface area contributed by atoms with Gasteiger partial charge in [-0.1, -0.05) is 17.7 Å². The average Bonchev–Trinajstić information content (AvgIpc) is 3.09. The van der Waals surface area contributed by atoms with E-state index < -0.39 is 10.0 Å². The molecule has 0 atom stereocenters. The molecule has 7 nitrogen and oxygen atoms in total. The molecule has 0 fully saturated rings. The quantitative estimate of drug-likeness (QED) is 0.707. The lowest BCUT2D eigenvalue weighted by Gasteiger charge is -2.04. The molecule has 0 aliphatic heterocycles. The molecule has 2 aromatic carbocycles. The number of halogens is 1. The third kappa shape index (κ3) is 4.16. The van der Waals surface area contributed by atoms with E-state index in [1.165, 1.54) is 12.1 Å².